The number of hydrogen-bond acceptors (Lipinski definition) is 4. The van der Waals surface area contributed by atoms with Gasteiger partial charge < -0.3 is 18.9 Å². The molecule has 0 aromatic heterocycles. The minimum atomic E-state index is -5.06. The number of fused-ring (bicyclic) bond motifs is 4. The first-order valence-electron chi connectivity index (χ1n) is 17.7. The van der Waals surface area contributed by atoms with Crippen LogP contribution in [0.1, 0.15) is 96.1 Å². The summed E-state index contributed by atoms with van der Waals surface area (Å²) in [5.74, 6) is 0.247. The van der Waals surface area contributed by atoms with Crippen molar-refractivity contribution in [3.63, 3.8) is 0 Å². The Morgan fingerprint density at radius 3 is 2.19 bits per heavy atom. The highest BCUT2D eigenvalue weighted by Gasteiger charge is 2.76. The van der Waals surface area contributed by atoms with Gasteiger partial charge in [0.25, 0.3) is 0 Å². The SMILES string of the molecule is CO[C@@]1(C(C)(F)C(F)(F)F)CCC2C3CCC4CC5(CCC4=C3C(c3ccc(OCc4ccccc4)cc3)CC21C)OCC(C)(C)CO5. The molecule has 2 aromatic carbocycles. The normalized spacial score (nSPS) is 35.4. The second-order valence-corrected chi connectivity index (χ2v) is 16.4. The van der Waals surface area contributed by atoms with Crippen molar-refractivity contribution < 1.29 is 36.5 Å². The summed E-state index contributed by atoms with van der Waals surface area (Å²) in [6, 6.07) is 18.0. The van der Waals surface area contributed by atoms with Gasteiger partial charge in [-0.2, -0.15) is 13.2 Å². The lowest BCUT2D eigenvalue weighted by Gasteiger charge is -2.59. The fourth-order valence-corrected chi connectivity index (χ4v) is 10.6. The Kier molecular flexibility index (Phi) is 8.40. The summed E-state index contributed by atoms with van der Waals surface area (Å²) in [6.45, 7) is 8.67. The standard InChI is InChI=1S/C40H50F4O4/c1-35(2)24-47-38(48-25-35)19-17-30-28(21-38)13-16-31-33-18-20-39(45-5,37(4,41)40(42,43)44)36(33,3)22-32(34(30)31)27-11-14-29(15-12-27)46-23-26-9-7-6-8-10-26/h6-12,14-15,28,31-33H,13,16-25H2,1-5H3/t28?,31?,32?,33?,36?,37?,39-/m0/s1. The zero-order valence-corrected chi connectivity index (χ0v) is 28.9. The maximum atomic E-state index is 16.4. The molecular formula is C40H50F4O4. The van der Waals surface area contributed by atoms with Crippen molar-refractivity contribution in [2.75, 3.05) is 20.3 Å². The van der Waals surface area contributed by atoms with E-state index in [0.29, 0.717) is 45.5 Å². The van der Waals surface area contributed by atoms with Gasteiger partial charge in [-0.05, 0) is 86.5 Å². The average molecular weight is 671 g/mol. The third-order valence-corrected chi connectivity index (χ3v) is 13.1. The molecule has 4 fully saturated rings. The van der Waals surface area contributed by atoms with Crippen molar-refractivity contribution in [3.05, 3.63) is 76.9 Å². The fourth-order valence-electron chi connectivity index (χ4n) is 10.6. The number of benzene rings is 2. The monoisotopic (exact) mass is 670 g/mol. The Morgan fingerprint density at radius 1 is 0.854 bits per heavy atom. The van der Waals surface area contributed by atoms with Crippen LogP contribution in [0.5, 0.6) is 5.75 Å². The van der Waals surface area contributed by atoms with Gasteiger partial charge in [-0.1, -0.05) is 74.4 Å². The van der Waals surface area contributed by atoms with Crippen molar-refractivity contribution in [2.45, 2.75) is 115 Å². The van der Waals surface area contributed by atoms with E-state index in [1.54, 1.807) is 0 Å². The van der Waals surface area contributed by atoms with E-state index in [2.05, 4.69) is 26.0 Å². The molecular weight excluding hydrogens is 620 g/mol. The minimum Gasteiger partial charge on any atom is -0.489 e. The second-order valence-electron chi connectivity index (χ2n) is 16.4. The molecule has 3 saturated carbocycles. The van der Waals surface area contributed by atoms with Crippen LogP contribution in [-0.4, -0.2) is 43.6 Å². The summed E-state index contributed by atoms with van der Waals surface area (Å²) in [6.07, 6.45) is 0.0762. The van der Waals surface area contributed by atoms with Gasteiger partial charge in [0.2, 0.25) is 5.67 Å². The second kappa shape index (κ2) is 11.8. The molecule has 0 radical (unpaired) electrons. The van der Waals surface area contributed by atoms with E-state index in [9.17, 15) is 13.2 Å². The van der Waals surface area contributed by atoms with Crippen LogP contribution in [0.15, 0.2) is 65.7 Å². The number of rotatable bonds is 6. The Hall–Kier alpha value is -2.42. The molecule has 1 spiro atoms. The number of alkyl halides is 4. The van der Waals surface area contributed by atoms with Gasteiger partial charge in [-0.25, -0.2) is 4.39 Å². The van der Waals surface area contributed by atoms with Crippen LogP contribution in [0.4, 0.5) is 17.6 Å². The third-order valence-electron chi connectivity index (χ3n) is 13.1. The number of hydrogen-bond donors (Lipinski definition) is 0. The summed E-state index contributed by atoms with van der Waals surface area (Å²) in [7, 11) is 1.28. The van der Waals surface area contributed by atoms with E-state index in [0.717, 1.165) is 49.0 Å². The van der Waals surface area contributed by atoms with Crippen LogP contribution in [0.2, 0.25) is 0 Å². The molecule has 0 bridgehead atoms. The topological polar surface area (TPSA) is 36.9 Å². The quantitative estimate of drug-likeness (QED) is 0.227. The zero-order valence-electron chi connectivity index (χ0n) is 28.9. The van der Waals surface area contributed by atoms with Gasteiger partial charge in [-0.15, -0.1) is 0 Å². The van der Waals surface area contributed by atoms with Crippen LogP contribution >= 0.6 is 0 Å². The maximum Gasteiger partial charge on any atom is 0.425 e. The van der Waals surface area contributed by atoms with Crippen molar-refractivity contribution >= 4 is 0 Å². The van der Waals surface area contributed by atoms with Crippen LogP contribution < -0.4 is 4.74 Å². The highest BCUT2D eigenvalue weighted by atomic mass is 19.4. The molecule has 7 rings (SSSR count). The summed E-state index contributed by atoms with van der Waals surface area (Å²) >= 11 is 0. The largest absolute Gasteiger partial charge is 0.489 e. The zero-order chi connectivity index (χ0) is 34.2. The van der Waals surface area contributed by atoms with Crippen LogP contribution in [-0.2, 0) is 20.8 Å². The Labute approximate surface area is 282 Å². The summed E-state index contributed by atoms with van der Waals surface area (Å²) in [5, 5.41) is 0. The first kappa shape index (κ1) is 34.0. The van der Waals surface area contributed by atoms with Crippen LogP contribution in [0.3, 0.4) is 0 Å². The van der Waals surface area contributed by atoms with Crippen molar-refractivity contribution in [1.29, 1.82) is 0 Å². The number of halogens is 4. The first-order valence-corrected chi connectivity index (χ1v) is 17.7. The van der Waals surface area contributed by atoms with Crippen LogP contribution in [0.25, 0.3) is 0 Å². The fraction of sp³-hybridized carbons (Fsp3) is 0.650. The van der Waals surface area contributed by atoms with Crippen LogP contribution in [0, 0.1) is 28.6 Å². The Balaban J connectivity index is 1.26. The molecule has 6 unspecified atom stereocenters. The predicted octanol–water partition coefficient (Wildman–Crippen LogP) is 10.1. The lowest BCUT2D eigenvalue weighted by atomic mass is 9.49. The van der Waals surface area contributed by atoms with Crippen molar-refractivity contribution in [1.82, 2.24) is 0 Å². The predicted molar refractivity (Wildman–Crippen MR) is 176 cm³/mol. The molecule has 2 aromatic rings. The Morgan fingerprint density at radius 2 is 1.54 bits per heavy atom. The molecule has 48 heavy (non-hydrogen) atoms. The number of methoxy groups -OCH3 is 1. The highest BCUT2D eigenvalue weighted by molar-refractivity contribution is 5.43. The minimum absolute atomic E-state index is 0.0186. The van der Waals surface area contributed by atoms with Gasteiger partial charge in [0.05, 0.1) is 13.2 Å². The summed E-state index contributed by atoms with van der Waals surface area (Å²) in [4.78, 5) is 0. The van der Waals surface area contributed by atoms with Gasteiger partial charge in [0, 0.05) is 36.7 Å². The lowest BCUT2D eigenvalue weighted by Crippen LogP contribution is -2.66. The molecule has 262 valence electrons. The molecule has 8 heteroatoms. The third kappa shape index (κ3) is 5.35. The van der Waals surface area contributed by atoms with Gasteiger partial charge >= 0.3 is 6.18 Å². The van der Waals surface area contributed by atoms with Gasteiger partial charge in [-0.3, -0.25) is 0 Å². The highest BCUT2D eigenvalue weighted by Crippen LogP contribution is 2.71. The molecule has 1 saturated heterocycles. The molecule has 7 atom stereocenters. The Bertz CT molecular complexity index is 1510. The molecule has 5 aliphatic rings. The molecule has 4 nitrogen and oxygen atoms in total. The van der Waals surface area contributed by atoms with E-state index in [1.165, 1.54) is 18.3 Å². The molecule has 0 N–H and O–H groups in total. The summed E-state index contributed by atoms with van der Waals surface area (Å²) in [5.41, 5.74) is -1.64. The summed E-state index contributed by atoms with van der Waals surface area (Å²) < 4.78 is 85.0. The van der Waals surface area contributed by atoms with Crippen molar-refractivity contribution in [2.24, 2.45) is 28.6 Å². The average Bonchev–Trinajstić information content (AvgIpc) is 3.38. The van der Waals surface area contributed by atoms with E-state index in [-0.39, 0.29) is 29.6 Å². The smallest absolute Gasteiger partial charge is 0.425 e. The molecule has 1 heterocycles. The maximum absolute atomic E-state index is 16.4. The lowest BCUT2D eigenvalue weighted by molar-refractivity contribution is -0.314. The van der Waals surface area contributed by atoms with E-state index in [1.807, 2.05) is 49.4 Å². The van der Waals surface area contributed by atoms with Gasteiger partial charge in [0.15, 0.2) is 5.79 Å². The first-order chi connectivity index (χ1) is 22.6. The van der Waals surface area contributed by atoms with Gasteiger partial charge in [0.1, 0.15) is 18.0 Å². The molecule has 0 amide bonds. The van der Waals surface area contributed by atoms with E-state index >= 15 is 4.39 Å². The van der Waals surface area contributed by atoms with Crippen molar-refractivity contribution in [3.8, 4) is 5.75 Å². The van der Waals surface area contributed by atoms with E-state index in [4.69, 9.17) is 18.9 Å². The van der Waals surface area contributed by atoms with E-state index < -0.39 is 28.6 Å². The number of allylic oxidation sites excluding steroid dienone is 2. The number of ether oxygens (including phenoxy) is 4. The molecule has 4 aliphatic carbocycles. The molecule has 1 aliphatic heterocycles.